The summed E-state index contributed by atoms with van der Waals surface area (Å²) < 4.78 is 6.01. The highest BCUT2D eigenvalue weighted by atomic mass is 16.5. The highest BCUT2D eigenvalue weighted by Crippen LogP contribution is 2.27. The first-order valence-electron chi connectivity index (χ1n) is 8.27. The molecule has 1 aromatic heterocycles. The molecule has 0 saturated heterocycles. The van der Waals surface area contributed by atoms with Crippen LogP contribution >= 0.6 is 0 Å². The Morgan fingerprint density at radius 2 is 1.54 bits per heavy atom. The van der Waals surface area contributed by atoms with Crippen molar-refractivity contribution in [2.75, 3.05) is 0 Å². The van der Waals surface area contributed by atoms with Crippen molar-refractivity contribution in [3.63, 3.8) is 0 Å². The molecule has 1 heterocycles. The molecule has 0 saturated carbocycles. The predicted molar refractivity (Wildman–Crippen MR) is 100 cm³/mol. The Kier molecular flexibility index (Phi) is 4.28. The summed E-state index contributed by atoms with van der Waals surface area (Å²) in [6.45, 7) is 0.376. The lowest BCUT2D eigenvalue weighted by molar-refractivity contribution is 0.298. The molecule has 0 atom stereocenters. The lowest BCUT2D eigenvalue weighted by Crippen LogP contribution is -2.01. The van der Waals surface area contributed by atoms with Gasteiger partial charge in [-0.05, 0) is 29.8 Å². The fourth-order valence-electron chi connectivity index (χ4n) is 2.70. The van der Waals surface area contributed by atoms with Gasteiger partial charge < -0.3 is 4.74 Å². The molecule has 0 aliphatic rings. The average molecular weight is 337 g/mol. The zero-order valence-electron chi connectivity index (χ0n) is 14.0. The van der Waals surface area contributed by atoms with Crippen LogP contribution in [-0.4, -0.2) is 9.97 Å². The van der Waals surface area contributed by atoms with Gasteiger partial charge in [0, 0.05) is 5.56 Å². The van der Waals surface area contributed by atoms with Crippen molar-refractivity contribution in [1.82, 2.24) is 9.97 Å². The molecule has 4 rings (SSSR count). The van der Waals surface area contributed by atoms with Crippen LogP contribution in [0.1, 0.15) is 11.1 Å². The minimum atomic E-state index is 0.376. The summed E-state index contributed by atoms with van der Waals surface area (Å²) in [5.74, 6) is 1.19. The van der Waals surface area contributed by atoms with Crippen molar-refractivity contribution < 1.29 is 4.74 Å². The third-order valence-corrected chi connectivity index (χ3v) is 4.06. The quantitative estimate of drug-likeness (QED) is 0.539. The molecule has 0 radical (unpaired) electrons. The lowest BCUT2D eigenvalue weighted by atomic mass is 10.1. The molecule has 4 heteroatoms. The molecule has 0 fully saturated rings. The molecule has 0 N–H and O–H groups in total. The molecule has 0 amide bonds. The normalized spacial score (nSPS) is 10.4. The van der Waals surface area contributed by atoms with Gasteiger partial charge in [0.05, 0.1) is 22.5 Å². The van der Waals surface area contributed by atoms with E-state index in [1.54, 1.807) is 12.1 Å². The van der Waals surface area contributed by atoms with Gasteiger partial charge in [0.2, 0.25) is 5.88 Å². The Morgan fingerprint density at radius 1 is 0.808 bits per heavy atom. The molecule has 4 aromatic rings. The molecule has 124 valence electrons. The number of aromatic nitrogens is 2. The predicted octanol–water partition coefficient (Wildman–Crippen LogP) is 4.75. The van der Waals surface area contributed by atoms with Crippen LogP contribution in [0.3, 0.4) is 0 Å². The number of rotatable bonds is 4. The van der Waals surface area contributed by atoms with Gasteiger partial charge in [0.1, 0.15) is 6.61 Å². The summed E-state index contributed by atoms with van der Waals surface area (Å²) in [5, 5.41) is 9.77. The van der Waals surface area contributed by atoms with E-state index in [1.165, 1.54) is 0 Å². The number of hydrogen-bond donors (Lipinski definition) is 0. The number of para-hydroxylation sites is 1. The molecule has 0 aliphatic carbocycles. The van der Waals surface area contributed by atoms with Gasteiger partial charge >= 0.3 is 0 Å². The zero-order chi connectivity index (χ0) is 17.8. The van der Waals surface area contributed by atoms with E-state index in [0.717, 1.165) is 22.0 Å². The first-order valence-corrected chi connectivity index (χ1v) is 8.27. The molecule has 0 bridgehead atoms. The summed E-state index contributed by atoms with van der Waals surface area (Å²) >= 11 is 0. The van der Waals surface area contributed by atoms with Crippen LogP contribution in [0.2, 0.25) is 0 Å². The van der Waals surface area contributed by atoms with Crippen LogP contribution in [0.15, 0.2) is 78.9 Å². The third kappa shape index (κ3) is 3.24. The number of ether oxygens (including phenoxy) is 1. The van der Waals surface area contributed by atoms with Gasteiger partial charge in [-0.2, -0.15) is 10.2 Å². The zero-order valence-corrected chi connectivity index (χ0v) is 14.0. The SMILES string of the molecule is N#Cc1ccc(COc2nc(-c3ccccc3)nc3ccccc23)cc1. The van der Waals surface area contributed by atoms with Crippen molar-refractivity contribution in [1.29, 1.82) is 5.26 Å². The summed E-state index contributed by atoms with van der Waals surface area (Å²) in [6, 6.07) is 27.1. The van der Waals surface area contributed by atoms with E-state index in [1.807, 2.05) is 66.7 Å². The first-order chi connectivity index (χ1) is 12.8. The molecule has 0 unspecified atom stereocenters. The summed E-state index contributed by atoms with van der Waals surface area (Å²) in [4.78, 5) is 9.29. The fraction of sp³-hybridized carbons (Fsp3) is 0.0455. The lowest BCUT2D eigenvalue weighted by Gasteiger charge is -2.10. The van der Waals surface area contributed by atoms with E-state index in [-0.39, 0.29) is 0 Å². The number of hydrogen-bond acceptors (Lipinski definition) is 4. The second kappa shape index (κ2) is 7.04. The van der Waals surface area contributed by atoms with Crippen LogP contribution < -0.4 is 4.74 Å². The van der Waals surface area contributed by atoms with Gasteiger partial charge in [-0.3, -0.25) is 0 Å². The topological polar surface area (TPSA) is 58.8 Å². The fourth-order valence-corrected chi connectivity index (χ4v) is 2.70. The van der Waals surface area contributed by atoms with Crippen LogP contribution in [0, 0.1) is 11.3 Å². The van der Waals surface area contributed by atoms with Crippen molar-refractivity contribution in [3.05, 3.63) is 90.0 Å². The van der Waals surface area contributed by atoms with E-state index in [2.05, 4.69) is 16.0 Å². The highest BCUT2D eigenvalue weighted by Gasteiger charge is 2.10. The smallest absolute Gasteiger partial charge is 0.225 e. The van der Waals surface area contributed by atoms with Crippen molar-refractivity contribution >= 4 is 10.9 Å². The van der Waals surface area contributed by atoms with Gasteiger partial charge in [-0.15, -0.1) is 0 Å². The molecule has 0 spiro atoms. The van der Waals surface area contributed by atoms with Gasteiger partial charge in [0.15, 0.2) is 5.82 Å². The Labute approximate surface area is 151 Å². The van der Waals surface area contributed by atoms with Crippen molar-refractivity contribution in [2.24, 2.45) is 0 Å². The molecule has 4 nitrogen and oxygen atoms in total. The largest absolute Gasteiger partial charge is 0.472 e. The molecule has 26 heavy (non-hydrogen) atoms. The van der Waals surface area contributed by atoms with Crippen LogP contribution in [0.25, 0.3) is 22.3 Å². The Bertz CT molecular complexity index is 1080. The Hall–Kier alpha value is -3.71. The van der Waals surface area contributed by atoms with Crippen molar-refractivity contribution in [3.8, 4) is 23.3 Å². The minimum Gasteiger partial charge on any atom is -0.472 e. The molecule has 3 aromatic carbocycles. The second-order valence-corrected chi connectivity index (χ2v) is 5.83. The maximum absolute atomic E-state index is 8.90. The third-order valence-electron chi connectivity index (χ3n) is 4.06. The highest BCUT2D eigenvalue weighted by molar-refractivity contribution is 5.85. The monoisotopic (exact) mass is 337 g/mol. The van der Waals surface area contributed by atoms with Crippen LogP contribution in [-0.2, 0) is 6.61 Å². The van der Waals surface area contributed by atoms with Crippen LogP contribution in [0.5, 0.6) is 5.88 Å². The van der Waals surface area contributed by atoms with E-state index < -0.39 is 0 Å². The number of fused-ring (bicyclic) bond motifs is 1. The maximum Gasteiger partial charge on any atom is 0.225 e. The van der Waals surface area contributed by atoms with Gasteiger partial charge in [-0.25, -0.2) is 4.98 Å². The molecule has 0 aliphatic heterocycles. The Morgan fingerprint density at radius 3 is 2.31 bits per heavy atom. The van der Waals surface area contributed by atoms with E-state index in [0.29, 0.717) is 23.9 Å². The summed E-state index contributed by atoms with van der Waals surface area (Å²) in [5.41, 5.74) is 3.40. The van der Waals surface area contributed by atoms with Crippen molar-refractivity contribution in [2.45, 2.75) is 6.61 Å². The minimum absolute atomic E-state index is 0.376. The molecular formula is C22H15N3O. The van der Waals surface area contributed by atoms with E-state index >= 15 is 0 Å². The summed E-state index contributed by atoms with van der Waals surface area (Å²) in [6.07, 6.45) is 0. The molecular weight excluding hydrogens is 322 g/mol. The maximum atomic E-state index is 8.90. The van der Waals surface area contributed by atoms with Gasteiger partial charge in [0.25, 0.3) is 0 Å². The Balaban J connectivity index is 1.69. The van der Waals surface area contributed by atoms with E-state index in [9.17, 15) is 0 Å². The number of benzene rings is 3. The second-order valence-electron chi connectivity index (χ2n) is 5.83. The number of nitriles is 1. The standard InChI is InChI=1S/C22H15N3O/c23-14-16-10-12-17(13-11-16)15-26-22-19-8-4-5-9-20(19)24-21(25-22)18-6-2-1-3-7-18/h1-13H,15H2. The summed E-state index contributed by atoms with van der Waals surface area (Å²) in [7, 11) is 0. The van der Waals surface area contributed by atoms with Gasteiger partial charge in [-0.1, -0.05) is 54.6 Å². The van der Waals surface area contributed by atoms with E-state index in [4.69, 9.17) is 10.00 Å². The first kappa shape index (κ1) is 15.8. The average Bonchev–Trinajstić information content (AvgIpc) is 2.73. The number of nitrogens with zero attached hydrogens (tertiary/aromatic N) is 3. The van der Waals surface area contributed by atoms with Crippen LogP contribution in [0.4, 0.5) is 0 Å².